The van der Waals surface area contributed by atoms with Crippen LogP contribution in [0.3, 0.4) is 0 Å². The zero-order valence-corrected chi connectivity index (χ0v) is 10.2. The summed E-state index contributed by atoms with van der Waals surface area (Å²) in [4.78, 5) is 6.74. The number of hydrogen-bond donors (Lipinski definition) is 1. The third-order valence-electron chi connectivity index (χ3n) is 3.44. The summed E-state index contributed by atoms with van der Waals surface area (Å²) in [5.74, 6) is 0.694. The molecule has 1 saturated heterocycles. The smallest absolute Gasteiger partial charge is 0.128 e. The van der Waals surface area contributed by atoms with Crippen LogP contribution in [0.4, 0.5) is 5.82 Å². The molecule has 3 heteroatoms. The van der Waals surface area contributed by atoms with E-state index in [0.717, 1.165) is 0 Å². The van der Waals surface area contributed by atoms with Gasteiger partial charge in [0.15, 0.2) is 0 Å². The van der Waals surface area contributed by atoms with Crippen LogP contribution in [0.15, 0.2) is 18.3 Å². The predicted molar refractivity (Wildman–Crippen MR) is 67.1 cm³/mol. The van der Waals surface area contributed by atoms with Crippen LogP contribution in [-0.2, 0) is 0 Å². The monoisotopic (exact) mass is 219 g/mol. The zero-order valence-electron chi connectivity index (χ0n) is 10.2. The van der Waals surface area contributed by atoms with Crippen molar-refractivity contribution >= 4 is 5.82 Å². The van der Waals surface area contributed by atoms with Gasteiger partial charge in [0, 0.05) is 23.8 Å². The lowest BCUT2D eigenvalue weighted by Gasteiger charge is -2.39. The number of hydrogen-bond acceptors (Lipinski definition) is 3. The maximum absolute atomic E-state index is 5.98. The first kappa shape index (κ1) is 11.4. The molecule has 2 heterocycles. The number of pyridine rings is 1. The molecule has 0 bridgehead atoms. The van der Waals surface area contributed by atoms with Gasteiger partial charge in [-0.2, -0.15) is 0 Å². The summed E-state index contributed by atoms with van der Waals surface area (Å²) in [5, 5.41) is 0. The second kappa shape index (κ2) is 4.83. The highest BCUT2D eigenvalue weighted by atomic mass is 15.2. The molecule has 88 valence electrons. The minimum atomic E-state index is 0.461. The van der Waals surface area contributed by atoms with Crippen molar-refractivity contribution in [3.63, 3.8) is 0 Å². The van der Waals surface area contributed by atoms with Crippen molar-refractivity contribution in [2.45, 2.75) is 45.2 Å². The van der Waals surface area contributed by atoms with Gasteiger partial charge in [0.25, 0.3) is 0 Å². The first-order valence-corrected chi connectivity index (χ1v) is 6.16. The van der Waals surface area contributed by atoms with E-state index < -0.39 is 0 Å². The molecule has 1 aromatic heterocycles. The summed E-state index contributed by atoms with van der Waals surface area (Å²) >= 11 is 0. The van der Waals surface area contributed by atoms with Crippen LogP contribution in [0, 0.1) is 0 Å². The number of aromatic nitrogens is 1. The lowest BCUT2D eigenvalue weighted by atomic mass is 9.94. The fraction of sp³-hybridized carbons (Fsp3) is 0.615. The lowest BCUT2D eigenvalue weighted by Crippen LogP contribution is -2.38. The average molecular weight is 219 g/mol. The number of nitrogens with zero attached hydrogens (tertiary/aromatic N) is 2. The molecule has 3 nitrogen and oxygen atoms in total. The van der Waals surface area contributed by atoms with Gasteiger partial charge in [0.2, 0.25) is 0 Å². The van der Waals surface area contributed by atoms with Gasteiger partial charge in [0.05, 0.1) is 0 Å². The Bertz CT molecular complexity index is 349. The van der Waals surface area contributed by atoms with E-state index in [0.29, 0.717) is 17.9 Å². The second-order valence-corrected chi connectivity index (χ2v) is 4.82. The largest absolute Gasteiger partial charge is 0.383 e. The first-order valence-electron chi connectivity index (χ1n) is 6.16. The summed E-state index contributed by atoms with van der Waals surface area (Å²) in [6.07, 6.45) is 5.56. The quantitative estimate of drug-likeness (QED) is 0.831. The molecule has 0 amide bonds. The van der Waals surface area contributed by atoms with E-state index in [9.17, 15) is 0 Å². The summed E-state index contributed by atoms with van der Waals surface area (Å²) in [5.41, 5.74) is 7.18. The van der Waals surface area contributed by atoms with Gasteiger partial charge in [0.1, 0.15) is 5.82 Å². The van der Waals surface area contributed by atoms with Crippen LogP contribution in [0.25, 0.3) is 0 Å². The Balaban J connectivity index is 2.27. The molecule has 16 heavy (non-hydrogen) atoms. The van der Waals surface area contributed by atoms with E-state index in [1.54, 1.807) is 6.20 Å². The fourth-order valence-electron chi connectivity index (χ4n) is 2.62. The van der Waals surface area contributed by atoms with E-state index in [1.165, 1.54) is 31.4 Å². The van der Waals surface area contributed by atoms with Gasteiger partial charge >= 0.3 is 0 Å². The molecule has 1 aromatic rings. The molecule has 1 aliphatic rings. The predicted octanol–water partition coefficient (Wildman–Crippen LogP) is 2.60. The molecular weight excluding hydrogens is 198 g/mol. The second-order valence-electron chi connectivity index (χ2n) is 4.82. The third-order valence-corrected chi connectivity index (χ3v) is 3.44. The fourth-order valence-corrected chi connectivity index (χ4v) is 2.62. The highest BCUT2D eigenvalue weighted by Crippen LogP contribution is 2.34. The summed E-state index contributed by atoms with van der Waals surface area (Å²) < 4.78 is 0. The Hall–Kier alpha value is -1.09. The SMILES string of the molecule is CC(C)N1CCCC[C@H]1c1cccnc1N. The van der Waals surface area contributed by atoms with Crippen LogP contribution in [0.2, 0.25) is 0 Å². The van der Waals surface area contributed by atoms with Crippen molar-refractivity contribution in [3.8, 4) is 0 Å². The number of likely N-dealkylation sites (tertiary alicyclic amines) is 1. The van der Waals surface area contributed by atoms with Crippen molar-refractivity contribution in [2.75, 3.05) is 12.3 Å². The Morgan fingerprint density at radius 2 is 2.25 bits per heavy atom. The molecule has 0 aromatic carbocycles. The van der Waals surface area contributed by atoms with Gasteiger partial charge < -0.3 is 5.73 Å². The molecule has 1 atom stereocenters. The van der Waals surface area contributed by atoms with Crippen molar-refractivity contribution in [2.24, 2.45) is 0 Å². The summed E-state index contributed by atoms with van der Waals surface area (Å²) in [7, 11) is 0. The van der Waals surface area contributed by atoms with E-state index in [4.69, 9.17) is 5.73 Å². The van der Waals surface area contributed by atoms with Gasteiger partial charge in [-0.05, 0) is 39.3 Å². The van der Waals surface area contributed by atoms with Gasteiger partial charge in [-0.15, -0.1) is 0 Å². The normalized spacial score (nSPS) is 22.6. The highest BCUT2D eigenvalue weighted by molar-refractivity contribution is 5.41. The number of nitrogens with two attached hydrogens (primary N) is 1. The minimum absolute atomic E-state index is 0.461. The van der Waals surface area contributed by atoms with E-state index in [-0.39, 0.29) is 0 Å². The maximum Gasteiger partial charge on any atom is 0.128 e. The Kier molecular flexibility index (Phi) is 3.44. The van der Waals surface area contributed by atoms with E-state index in [2.05, 4.69) is 29.8 Å². The molecule has 1 fully saturated rings. The molecule has 1 aliphatic heterocycles. The van der Waals surface area contributed by atoms with Gasteiger partial charge in [-0.1, -0.05) is 12.5 Å². The Morgan fingerprint density at radius 1 is 1.44 bits per heavy atom. The van der Waals surface area contributed by atoms with Crippen LogP contribution in [0.5, 0.6) is 0 Å². The van der Waals surface area contributed by atoms with Crippen molar-refractivity contribution in [1.29, 1.82) is 0 Å². The highest BCUT2D eigenvalue weighted by Gasteiger charge is 2.27. The van der Waals surface area contributed by atoms with E-state index in [1.807, 2.05) is 6.07 Å². The molecule has 2 N–H and O–H groups in total. The number of piperidine rings is 1. The average Bonchev–Trinajstić information content (AvgIpc) is 2.29. The minimum Gasteiger partial charge on any atom is -0.383 e. The zero-order chi connectivity index (χ0) is 11.5. The first-order chi connectivity index (χ1) is 7.70. The lowest BCUT2D eigenvalue weighted by molar-refractivity contribution is 0.112. The Labute approximate surface area is 97.7 Å². The molecular formula is C13H21N3. The third kappa shape index (κ3) is 2.19. The number of rotatable bonds is 2. The number of anilines is 1. The van der Waals surface area contributed by atoms with Gasteiger partial charge in [-0.25, -0.2) is 4.98 Å². The van der Waals surface area contributed by atoms with Crippen LogP contribution in [-0.4, -0.2) is 22.5 Å². The molecule has 0 radical (unpaired) electrons. The molecule has 0 saturated carbocycles. The maximum atomic E-state index is 5.98. The van der Waals surface area contributed by atoms with Crippen LogP contribution in [0.1, 0.15) is 44.7 Å². The molecule has 2 rings (SSSR count). The molecule has 0 spiro atoms. The van der Waals surface area contributed by atoms with Crippen molar-refractivity contribution in [1.82, 2.24) is 9.88 Å². The number of nitrogen functional groups attached to an aromatic ring is 1. The summed E-state index contributed by atoms with van der Waals surface area (Å²) in [6.45, 7) is 5.69. The molecule has 0 aliphatic carbocycles. The molecule has 0 unspecified atom stereocenters. The van der Waals surface area contributed by atoms with Crippen molar-refractivity contribution in [3.05, 3.63) is 23.9 Å². The topological polar surface area (TPSA) is 42.2 Å². The summed E-state index contributed by atoms with van der Waals surface area (Å²) in [6, 6.07) is 5.14. The van der Waals surface area contributed by atoms with E-state index >= 15 is 0 Å². The van der Waals surface area contributed by atoms with Crippen LogP contribution < -0.4 is 5.73 Å². The Morgan fingerprint density at radius 3 is 2.94 bits per heavy atom. The van der Waals surface area contributed by atoms with Gasteiger partial charge in [-0.3, -0.25) is 4.90 Å². The van der Waals surface area contributed by atoms with Crippen LogP contribution >= 0.6 is 0 Å². The van der Waals surface area contributed by atoms with Crippen molar-refractivity contribution < 1.29 is 0 Å². The standard InChI is InChI=1S/C13H21N3/c1-10(2)16-9-4-3-7-12(16)11-6-5-8-15-13(11)14/h5-6,8,10,12H,3-4,7,9H2,1-2H3,(H2,14,15)/t12-/m0/s1.